The third kappa shape index (κ3) is 4.00. The van der Waals surface area contributed by atoms with E-state index in [1.807, 2.05) is 20.8 Å². The van der Waals surface area contributed by atoms with Gasteiger partial charge in [-0.25, -0.2) is 0 Å². The van der Waals surface area contributed by atoms with Crippen LogP contribution in [0.1, 0.15) is 31.1 Å². The maximum absolute atomic E-state index is 12.1. The minimum absolute atomic E-state index is 0.0231. The molecule has 0 aliphatic heterocycles. The number of hydrogen-bond donors (Lipinski definition) is 2. The molecule has 1 aromatic heterocycles. The molecule has 1 aromatic rings. The van der Waals surface area contributed by atoms with Gasteiger partial charge >= 0.3 is 0 Å². The number of nitrogens with one attached hydrogen (secondary N) is 1. The molecule has 18 heavy (non-hydrogen) atoms. The van der Waals surface area contributed by atoms with E-state index in [1.54, 1.807) is 12.3 Å². The number of nitrogen functional groups attached to an aromatic ring is 1. The molecular formula is C13H21N3O2. The number of carbonyl (C=O) groups excluding carboxylic acids is 1. The van der Waals surface area contributed by atoms with Crippen molar-refractivity contribution >= 4 is 11.6 Å². The number of anilines is 1. The number of amides is 1. The van der Waals surface area contributed by atoms with Crippen LogP contribution in [0, 0.1) is 5.92 Å². The molecule has 3 N–H and O–H groups in total. The molecule has 1 amide bonds. The molecule has 0 bridgehead atoms. The quantitative estimate of drug-likeness (QED) is 0.802. The van der Waals surface area contributed by atoms with Crippen LogP contribution in [0.15, 0.2) is 18.5 Å². The lowest BCUT2D eigenvalue weighted by Crippen LogP contribution is -2.42. The molecular weight excluding hydrogens is 230 g/mol. The van der Waals surface area contributed by atoms with Crippen molar-refractivity contribution in [2.24, 2.45) is 5.92 Å². The fourth-order valence-corrected chi connectivity index (χ4v) is 1.51. The van der Waals surface area contributed by atoms with Gasteiger partial charge in [0.05, 0.1) is 30.1 Å². The summed E-state index contributed by atoms with van der Waals surface area (Å²) >= 11 is 0. The summed E-state index contributed by atoms with van der Waals surface area (Å²) in [5.74, 6) is 0.108. The topological polar surface area (TPSA) is 77.2 Å². The van der Waals surface area contributed by atoms with E-state index in [0.717, 1.165) is 0 Å². The number of carbonyl (C=O) groups is 1. The number of aromatic nitrogens is 1. The summed E-state index contributed by atoms with van der Waals surface area (Å²) in [7, 11) is 0. The van der Waals surface area contributed by atoms with Gasteiger partial charge in [-0.1, -0.05) is 13.8 Å². The highest BCUT2D eigenvalue weighted by Crippen LogP contribution is 2.10. The van der Waals surface area contributed by atoms with Crippen LogP contribution in [0.4, 0.5) is 5.69 Å². The summed E-state index contributed by atoms with van der Waals surface area (Å²) in [5, 5.41) is 2.94. The van der Waals surface area contributed by atoms with Crippen molar-refractivity contribution < 1.29 is 9.53 Å². The van der Waals surface area contributed by atoms with Crippen molar-refractivity contribution in [1.82, 2.24) is 10.3 Å². The zero-order chi connectivity index (χ0) is 13.5. The highest BCUT2D eigenvalue weighted by Gasteiger charge is 2.18. The molecule has 0 fully saturated rings. The van der Waals surface area contributed by atoms with Crippen LogP contribution in [0.5, 0.6) is 0 Å². The van der Waals surface area contributed by atoms with Gasteiger partial charge in [-0.05, 0) is 18.9 Å². The molecule has 0 radical (unpaired) electrons. The molecule has 1 unspecified atom stereocenters. The van der Waals surface area contributed by atoms with E-state index in [0.29, 0.717) is 30.4 Å². The molecule has 100 valence electrons. The summed E-state index contributed by atoms with van der Waals surface area (Å²) in [6, 6.07) is 1.59. The minimum Gasteiger partial charge on any atom is -0.397 e. The second kappa shape index (κ2) is 6.96. The molecule has 1 heterocycles. The lowest BCUT2D eigenvalue weighted by atomic mass is 10.0. The average molecular weight is 251 g/mol. The maximum atomic E-state index is 12.1. The SMILES string of the molecule is CCOCC(NC(=O)c1ccncc1N)C(C)C. The summed E-state index contributed by atoms with van der Waals surface area (Å²) in [6.07, 6.45) is 3.03. The van der Waals surface area contributed by atoms with Crippen LogP contribution in [0.25, 0.3) is 0 Å². The van der Waals surface area contributed by atoms with Crippen LogP contribution in [-0.4, -0.2) is 30.1 Å². The van der Waals surface area contributed by atoms with Gasteiger partial charge in [-0.3, -0.25) is 9.78 Å². The molecule has 0 spiro atoms. The summed E-state index contributed by atoms with van der Waals surface area (Å²) in [4.78, 5) is 15.9. The van der Waals surface area contributed by atoms with Crippen LogP contribution < -0.4 is 11.1 Å². The van der Waals surface area contributed by atoms with Crippen molar-refractivity contribution in [3.05, 3.63) is 24.0 Å². The third-order valence-electron chi connectivity index (χ3n) is 2.72. The molecule has 1 rings (SSSR count). The van der Waals surface area contributed by atoms with Gasteiger partial charge in [-0.15, -0.1) is 0 Å². The molecule has 0 aliphatic carbocycles. The van der Waals surface area contributed by atoms with Crippen LogP contribution in [0.2, 0.25) is 0 Å². The third-order valence-corrected chi connectivity index (χ3v) is 2.72. The molecule has 0 saturated heterocycles. The molecule has 0 aliphatic rings. The maximum Gasteiger partial charge on any atom is 0.253 e. The fraction of sp³-hybridized carbons (Fsp3) is 0.538. The Balaban J connectivity index is 2.69. The molecule has 5 heteroatoms. The van der Waals surface area contributed by atoms with E-state index in [2.05, 4.69) is 10.3 Å². The highest BCUT2D eigenvalue weighted by atomic mass is 16.5. The van der Waals surface area contributed by atoms with Crippen molar-refractivity contribution in [3.8, 4) is 0 Å². The van der Waals surface area contributed by atoms with Gasteiger partial charge < -0.3 is 15.8 Å². The Kier molecular flexibility index (Phi) is 5.58. The molecule has 0 saturated carbocycles. The van der Waals surface area contributed by atoms with Crippen LogP contribution in [0.3, 0.4) is 0 Å². The number of pyridine rings is 1. The van der Waals surface area contributed by atoms with Crippen LogP contribution in [-0.2, 0) is 4.74 Å². The first-order valence-electron chi connectivity index (χ1n) is 6.14. The van der Waals surface area contributed by atoms with E-state index in [9.17, 15) is 4.79 Å². The largest absolute Gasteiger partial charge is 0.397 e. The summed E-state index contributed by atoms with van der Waals surface area (Å²) < 4.78 is 5.37. The number of nitrogens with zero attached hydrogens (tertiary/aromatic N) is 1. The number of ether oxygens (including phenoxy) is 1. The predicted molar refractivity (Wildman–Crippen MR) is 71.2 cm³/mol. The number of hydrogen-bond acceptors (Lipinski definition) is 4. The zero-order valence-corrected chi connectivity index (χ0v) is 11.1. The Labute approximate surface area is 108 Å². The smallest absolute Gasteiger partial charge is 0.253 e. The Bertz CT molecular complexity index is 394. The Morgan fingerprint density at radius 2 is 2.28 bits per heavy atom. The first-order valence-corrected chi connectivity index (χ1v) is 6.14. The zero-order valence-electron chi connectivity index (χ0n) is 11.1. The van der Waals surface area contributed by atoms with Gasteiger partial charge in [0.2, 0.25) is 0 Å². The first-order chi connectivity index (χ1) is 8.56. The summed E-state index contributed by atoms with van der Waals surface area (Å²) in [5.41, 5.74) is 6.55. The van der Waals surface area contributed by atoms with E-state index in [1.165, 1.54) is 6.20 Å². The number of rotatable bonds is 6. The second-order valence-electron chi connectivity index (χ2n) is 4.45. The average Bonchev–Trinajstić information content (AvgIpc) is 2.34. The Morgan fingerprint density at radius 1 is 1.56 bits per heavy atom. The Morgan fingerprint density at radius 3 is 2.83 bits per heavy atom. The predicted octanol–water partition coefficient (Wildman–Crippen LogP) is 1.45. The molecule has 1 atom stereocenters. The fourth-order valence-electron chi connectivity index (χ4n) is 1.51. The van der Waals surface area contributed by atoms with Crippen molar-refractivity contribution in [2.45, 2.75) is 26.8 Å². The van der Waals surface area contributed by atoms with E-state index in [4.69, 9.17) is 10.5 Å². The minimum atomic E-state index is -0.187. The Hall–Kier alpha value is -1.62. The standard InChI is InChI=1S/C13H21N3O2/c1-4-18-8-12(9(2)3)16-13(17)10-5-6-15-7-11(10)14/h5-7,9,12H,4,8,14H2,1-3H3,(H,16,17). The second-order valence-corrected chi connectivity index (χ2v) is 4.45. The van der Waals surface area contributed by atoms with Gasteiger partial charge in [-0.2, -0.15) is 0 Å². The monoisotopic (exact) mass is 251 g/mol. The number of nitrogens with two attached hydrogens (primary N) is 1. The summed E-state index contributed by atoms with van der Waals surface area (Å²) in [6.45, 7) is 7.15. The van der Waals surface area contributed by atoms with Crippen molar-refractivity contribution in [3.63, 3.8) is 0 Å². The lowest BCUT2D eigenvalue weighted by molar-refractivity contribution is 0.0807. The van der Waals surface area contributed by atoms with Gasteiger partial charge in [0.1, 0.15) is 0 Å². The van der Waals surface area contributed by atoms with Crippen molar-refractivity contribution in [1.29, 1.82) is 0 Å². The van der Waals surface area contributed by atoms with Gasteiger partial charge in [0, 0.05) is 12.8 Å². The normalized spacial score (nSPS) is 12.4. The van der Waals surface area contributed by atoms with Gasteiger partial charge in [0.25, 0.3) is 5.91 Å². The molecule has 0 aromatic carbocycles. The lowest BCUT2D eigenvalue weighted by Gasteiger charge is -2.22. The first kappa shape index (κ1) is 14.4. The van der Waals surface area contributed by atoms with Crippen LogP contribution >= 0.6 is 0 Å². The van der Waals surface area contributed by atoms with Crippen molar-refractivity contribution in [2.75, 3.05) is 18.9 Å². The van der Waals surface area contributed by atoms with E-state index < -0.39 is 0 Å². The van der Waals surface area contributed by atoms with E-state index in [-0.39, 0.29) is 11.9 Å². The van der Waals surface area contributed by atoms with Gasteiger partial charge in [0.15, 0.2) is 0 Å². The highest BCUT2D eigenvalue weighted by molar-refractivity contribution is 5.99. The van der Waals surface area contributed by atoms with E-state index >= 15 is 0 Å². The molecule has 5 nitrogen and oxygen atoms in total.